The van der Waals surface area contributed by atoms with Gasteiger partial charge in [-0.15, -0.1) is 0 Å². The maximum absolute atomic E-state index is 13.0. The number of benzene rings is 2. The summed E-state index contributed by atoms with van der Waals surface area (Å²) in [6, 6.07) is 11.2. The Balaban J connectivity index is 2.14. The van der Waals surface area contributed by atoms with Crippen LogP contribution in [0, 0.1) is 6.92 Å². The highest BCUT2D eigenvalue weighted by molar-refractivity contribution is 6.46. The van der Waals surface area contributed by atoms with Gasteiger partial charge in [0.05, 0.1) is 45.7 Å². The molecule has 0 aromatic heterocycles. The molecule has 8 heteroatoms. The Bertz CT molecular complexity index is 1010. The lowest BCUT2D eigenvalue weighted by Crippen LogP contribution is -2.33. The summed E-state index contributed by atoms with van der Waals surface area (Å²) in [6.07, 6.45) is 0. The average Bonchev–Trinajstić information content (AvgIpc) is 3.06. The first-order chi connectivity index (χ1) is 15.4. The number of carbonyl (C=O) groups is 2. The Kier molecular flexibility index (Phi) is 7.50. The van der Waals surface area contributed by atoms with E-state index in [2.05, 4.69) is 0 Å². The fraction of sp³-hybridized carbons (Fsp3) is 0.333. The first-order valence-electron chi connectivity index (χ1n) is 10.2. The van der Waals surface area contributed by atoms with Crippen molar-refractivity contribution in [1.82, 2.24) is 4.90 Å². The van der Waals surface area contributed by atoms with Gasteiger partial charge in [0.15, 0.2) is 0 Å². The summed E-state index contributed by atoms with van der Waals surface area (Å²) in [5.74, 6) is -0.827. The van der Waals surface area contributed by atoms with Crippen LogP contribution in [0.1, 0.15) is 22.7 Å². The molecule has 0 bridgehead atoms. The second-order valence-electron chi connectivity index (χ2n) is 7.30. The molecule has 0 saturated carbocycles. The monoisotopic (exact) mass is 441 g/mol. The third kappa shape index (κ3) is 4.61. The molecule has 3 rings (SSSR count). The topological polar surface area (TPSA) is 106 Å². The molecule has 0 aliphatic carbocycles. The van der Waals surface area contributed by atoms with Crippen molar-refractivity contribution in [2.24, 2.45) is 0 Å². The summed E-state index contributed by atoms with van der Waals surface area (Å²) in [5, 5.41) is 20.0. The summed E-state index contributed by atoms with van der Waals surface area (Å²) in [7, 11) is 3.01. The molecule has 1 unspecified atom stereocenters. The van der Waals surface area contributed by atoms with Crippen LogP contribution < -0.4 is 9.47 Å². The number of aryl methyl sites for hydroxylation is 1. The minimum atomic E-state index is -0.880. The number of hydrogen-bond acceptors (Lipinski definition) is 7. The predicted octanol–water partition coefficient (Wildman–Crippen LogP) is 2.44. The van der Waals surface area contributed by atoms with Gasteiger partial charge in [-0.05, 0) is 19.1 Å². The van der Waals surface area contributed by atoms with Crippen LogP contribution in [0.4, 0.5) is 0 Å². The number of hydrogen-bond donors (Lipinski definition) is 2. The third-order valence-corrected chi connectivity index (χ3v) is 5.31. The van der Waals surface area contributed by atoms with Gasteiger partial charge in [-0.3, -0.25) is 9.59 Å². The molecule has 0 spiro atoms. The van der Waals surface area contributed by atoms with Gasteiger partial charge >= 0.3 is 0 Å². The molecule has 1 fully saturated rings. The Morgan fingerprint density at radius 3 is 2.38 bits per heavy atom. The first-order valence-corrected chi connectivity index (χ1v) is 10.2. The maximum Gasteiger partial charge on any atom is 0.295 e. The minimum absolute atomic E-state index is 0.0236. The van der Waals surface area contributed by atoms with Crippen molar-refractivity contribution in [2.75, 3.05) is 40.6 Å². The normalized spacial score (nSPS) is 17.6. The van der Waals surface area contributed by atoms with E-state index in [9.17, 15) is 14.7 Å². The molecule has 2 aromatic rings. The molecule has 8 nitrogen and oxygen atoms in total. The van der Waals surface area contributed by atoms with Crippen molar-refractivity contribution in [3.8, 4) is 11.5 Å². The zero-order valence-corrected chi connectivity index (χ0v) is 18.3. The van der Waals surface area contributed by atoms with E-state index in [0.717, 1.165) is 5.56 Å². The van der Waals surface area contributed by atoms with Crippen molar-refractivity contribution in [1.29, 1.82) is 0 Å². The van der Waals surface area contributed by atoms with Gasteiger partial charge < -0.3 is 29.3 Å². The Morgan fingerprint density at radius 1 is 1.03 bits per heavy atom. The van der Waals surface area contributed by atoms with Gasteiger partial charge in [0.25, 0.3) is 11.7 Å². The second kappa shape index (κ2) is 10.3. The number of aliphatic hydroxyl groups is 2. The zero-order valence-electron chi connectivity index (χ0n) is 18.3. The van der Waals surface area contributed by atoms with Gasteiger partial charge in [-0.25, -0.2) is 0 Å². The van der Waals surface area contributed by atoms with Crippen LogP contribution in [0.15, 0.2) is 48.0 Å². The van der Waals surface area contributed by atoms with Crippen LogP contribution in [0.25, 0.3) is 5.76 Å². The van der Waals surface area contributed by atoms with Crippen LogP contribution >= 0.6 is 0 Å². The van der Waals surface area contributed by atoms with Crippen molar-refractivity contribution < 1.29 is 34.0 Å². The first kappa shape index (κ1) is 23.3. The zero-order chi connectivity index (χ0) is 23.3. The van der Waals surface area contributed by atoms with E-state index in [1.54, 1.807) is 30.3 Å². The molecule has 2 N–H and O–H groups in total. The van der Waals surface area contributed by atoms with E-state index >= 15 is 0 Å². The number of likely N-dealkylation sites (tertiary alicyclic amines) is 1. The second-order valence-corrected chi connectivity index (χ2v) is 7.30. The smallest absolute Gasteiger partial charge is 0.295 e. The number of amides is 1. The summed E-state index contributed by atoms with van der Waals surface area (Å²) < 4.78 is 16.1. The van der Waals surface area contributed by atoms with E-state index in [1.165, 1.54) is 19.1 Å². The fourth-order valence-corrected chi connectivity index (χ4v) is 3.67. The molecule has 1 heterocycles. The van der Waals surface area contributed by atoms with E-state index in [-0.39, 0.29) is 37.7 Å². The standard InChI is InChI=1S/C24H27NO7/c1-15-4-6-16(7-5-15)22(27)20-21(18-9-8-17(30-2)14-19(18)31-3)25(24(29)23(20)28)10-12-32-13-11-26/h4-9,14,21,26-27H,10-13H2,1-3H3/b22-20+. The lowest BCUT2D eigenvalue weighted by molar-refractivity contribution is -0.140. The lowest BCUT2D eigenvalue weighted by atomic mass is 9.94. The van der Waals surface area contributed by atoms with Crippen molar-refractivity contribution in [3.63, 3.8) is 0 Å². The molecule has 1 atom stereocenters. The van der Waals surface area contributed by atoms with E-state index in [0.29, 0.717) is 22.6 Å². The molecule has 1 saturated heterocycles. The molecule has 32 heavy (non-hydrogen) atoms. The van der Waals surface area contributed by atoms with E-state index in [1.807, 2.05) is 19.1 Å². The SMILES string of the molecule is COc1ccc(C2/C(=C(\O)c3ccc(C)cc3)C(=O)C(=O)N2CCOCCO)c(OC)c1. The van der Waals surface area contributed by atoms with Crippen LogP contribution in [0.5, 0.6) is 11.5 Å². The fourth-order valence-electron chi connectivity index (χ4n) is 3.67. The minimum Gasteiger partial charge on any atom is -0.507 e. The quantitative estimate of drug-likeness (QED) is 0.266. The number of Topliss-reactive ketones (excluding diaryl/α,β-unsaturated/α-hetero) is 1. The van der Waals surface area contributed by atoms with Crippen LogP contribution in [-0.2, 0) is 14.3 Å². The van der Waals surface area contributed by atoms with Crippen LogP contribution in [0.3, 0.4) is 0 Å². The number of ketones is 1. The number of methoxy groups -OCH3 is 2. The summed E-state index contributed by atoms with van der Waals surface area (Å²) in [4.78, 5) is 27.3. The lowest BCUT2D eigenvalue weighted by Gasteiger charge is -2.26. The summed E-state index contributed by atoms with van der Waals surface area (Å²) in [5.41, 5.74) is 1.94. The molecule has 170 valence electrons. The molecular formula is C24H27NO7. The van der Waals surface area contributed by atoms with Gasteiger partial charge in [-0.2, -0.15) is 0 Å². The number of aliphatic hydroxyl groups excluding tert-OH is 2. The molecule has 0 radical (unpaired) electrons. The van der Waals surface area contributed by atoms with Crippen molar-refractivity contribution in [2.45, 2.75) is 13.0 Å². The summed E-state index contributed by atoms with van der Waals surface area (Å²) >= 11 is 0. The van der Waals surface area contributed by atoms with E-state index < -0.39 is 17.7 Å². The molecule has 1 amide bonds. The Hall–Kier alpha value is -3.36. The maximum atomic E-state index is 13.0. The number of ether oxygens (including phenoxy) is 3. The Morgan fingerprint density at radius 2 is 1.75 bits per heavy atom. The van der Waals surface area contributed by atoms with Crippen LogP contribution in [0.2, 0.25) is 0 Å². The molecule has 1 aliphatic heterocycles. The highest BCUT2D eigenvalue weighted by atomic mass is 16.5. The highest BCUT2D eigenvalue weighted by Gasteiger charge is 2.47. The van der Waals surface area contributed by atoms with Crippen LogP contribution in [-0.4, -0.2) is 67.4 Å². The number of rotatable bonds is 9. The predicted molar refractivity (Wildman–Crippen MR) is 118 cm³/mol. The van der Waals surface area contributed by atoms with Crippen molar-refractivity contribution in [3.05, 3.63) is 64.7 Å². The van der Waals surface area contributed by atoms with Gasteiger partial charge in [0.2, 0.25) is 0 Å². The molecule has 2 aromatic carbocycles. The highest BCUT2D eigenvalue weighted by Crippen LogP contribution is 2.43. The Labute approximate surface area is 186 Å². The number of nitrogens with zero attached hydrogens (tertiary/aromatic N) is 1. The average molecular weight is 441 g/mol. The van der Waals surface area contributed by atoms with Gasteiger partial charge in [0.1, 0.15) is 17.3 Å². The largest absolute Gasteiger partial charge is 0.507 e. The van der Waals surface area contributed by atoms with Gasteiger partial charge in [0, 0.05) is 23.7 Å². The molecule has 1 aliphatic rings. The number of carbonyl (C=O) groups excluding carboxylic acids is 2. The third-order valence-electron chi connectivity index (χ3n) is 5.31. The van der Waals surface area contributed by atoms with E-state index in [4.69, 9.17) is 19.3 Å². The summed E-state index contributed by atoms with van der Waals surface area (Å²) in [6.45, 7) is 2.09. The van der Waals surface area contributed by atoms with Crippen molar-refractivity contribution >= 4 is 17.4 Å². The van der Waals surface area contributed by atoms with Gasteiger partial charge in [-0.1, -0.05) is 29.8 Å². The molecular weight excluding hydrogens is 414 g/mol.